The highest BCUT2D eigenvalue weighted by molar-refractivity contribution is 7.98. The number of aromatic nitrogens is 3. The summed E-state index contributed by atoms with van der Waals surface area (Å²) in [6, 6.07) is 19.8. The molecule has 4 rings (SSSR count). The molecular weight excluding hydrogens is 420 g/mol. The van der Waals surface area contributed by atoms with Gasteiger partial charge in [0.1, 0.15) is 5.76 Å². The minimum absolute atomic E-state index is 0.0981. The maximum absolute atomic E-state index is 13.0. The summed E-state index contributed by atoms with van der Waals surface area (Å²) in [4.78, 5) is 13.9. The van der Waals surface area contributed by atoms with Crippen molar-refractivity contribution < 1.29 is 9.32 Å². The molecule has 7 heteroatoms. The Labute approximate surface area is 192 Å². The van der Waals surface area contributed by atoms with Crippen molar-refractivity contribution in [2.24, 2.45) is 0 Å². The maximum Gasteiger partial charge on any atom is 0.252 e. The van der Waals surface area contributed by atoms with Crippen molar-refractivity contribution in [1.82, 2.24) is 20.3 Å². The summed E-state index contributed by atoms with van der Waals surface area (Å²) in [5, 5.41) is 11.8. The molecule has 0 aliphatic carbocycles. The molecule has 0 atom stereocenters. The Morgan fingerprint density at radius 3 is 2.56 bits per heavy atom. The monoisotopic (exact) mass is 446 g/mol. The highest BCUT2D eigenvalue weighted by Crippen LogP contribution is 2.26. The highest BCUT2D eigenvalue weighted by Gasteiger charge is 2.16. The van der Waals surface area contributed by atoms with Crippen molar-refractivity contribution >= 4 is 17.7 Å². The zero-order valence-corrected chi connectivity index (χ0v) is 19.3. The normalized spacial score (nSPS) is 11.0. The molecule has 0 saturated heterocycles. The number of carbonyl (C=O) groups excluding carboxylic acids is 1. The molecule has 6 nitrogen and oxygen atoms in total. The van der Waals surface area contributed by atoms with E-state index < -0.39 is 0 Å². The molecule has 0 aliphatic rings. The standard InChI is InChI=1S/C25H26N4O2S/c1-17-13-21(28-31-17)16-32-24-12-8-7-11-22(24)25(30)26-14-23-18(2)27-29(19(23)3)15-20-9-5-4-6-10-20/h4-13H,14-16H2,1-3H3,(H,26,30). The number of carbonyl (C=O) groups is 1. The van der Waals surface area contributed by atoms with E-state index in [-0.39, 0.29) is 5.91 Å². The molecule has 1 N–H and O–H groups in total. The van der Waals surface area contributed by atoms with Gasteiger partial charge in [-0.15, -0.1) is 11.8 Å². The van der Waals surface area contributed by atoms with Gasteiger partial charge in [-0.25, -0.2) is 0 Å². The Hall–Kier alpha value is -3.32. The molecule has 0 bridgehead atoms. The second-order valence-electron chi connectivity index (χ2n) is 7.69. The topological polar surface area (TPSA) is 73.0 Å². The van der Waals surface area contributed by atoms with Gasteiger partial charge in [0, 0.05) is 34.5 Å². The van der Waals surface area contributed by atoms with Gasteiger partial charge < -0.3 is 9.84 Å². The Morgan fingerprint density at radius 1 is 1.06 bits per heavy atom. The third kappa shape index (κ3) is 5.11. The fourth-order valence-corrected chi connectivity index (χ4v) is 4.51. The van der Waals surface area contributed by atoms with Crippen LogP contribution in [-0.2, 0) is 18.8 Å². The van der Waals surface area contributed by atoms with E-state index in [0.29, 0.717) is 24.4 Å². The predicted octanol–water partition coefficient (Wildman–Crippen LogP) is 5.07. The molecule has 0 saturated carbocycles. The van der Waals surface area contributed by atoms with E-state index in [2.05, 4.69) is 27.7 Å². The smallest absolute Gasteiger partial charge is 0.252 e. The molecule has 0 spiro atoms. The van der Waals surface area contributed by atoms with Crippen LogP contribution < -0.4 is 5.32 Å². The van der Waals surface area contributed by atoms with Gasteiger partial charge in [-0.3, -0.25) is 9.48 Å². The minimum atomic E-state index is -0.0981. The predicted molar refractivity (Wildman–Crippen MR) is 126 cm³/mol. The largest absolute Gasteiger partial charge is 0.361 e. The van der Waals surface area contributed by atoms with Crippen molar-refractivity contribution in [2.75, 3.05) is 0 Å². The first-order valence-corrected chi connectivity index (χ1v) is 11.5. The number of hydrogen-bond donors (Lipinski definition) is 1. The summed E-state index contributed by atoms with van der Waals surface area (Å²) >= 11 is 1.58. The Balaban J connectivity index is 1.43. The van der Waals surface area contributed by atoms with Gasteiger partial charge >= 0.3 is 0 Å². The van der Waals surface area contributed by atoms with E-state index in [0.717, 1.165) is 33.3 Å². The quantitative estimate of drug-likeness (QED) is 0.383. The van der Waals surface area contributed by atoms with Crippen molar-refractivity contribution in [2.45, 2.75) is 44.5 Å². The summed E-state index contributed by atoms with van der Waals surface area (Å²) in [6.45, 7) is 7.05. The first kappa shape index (κ1) is 21.9. The molecular formula is C25H26N4O2S. The van der Waals surface area contributed by atoms with Crippen molar-refractivity contribution in [1.29, 1.82) is 0 Å². The third-order valence-electron chi connectivity index (χ3n) is 5.32. The number of rotatable bonds is 8. The van der Waals surface area contributed by atoms with Crippen LogP contribution in [-0.4, -0.2) is 20.8 Å². The Bertz CT molecular complexity index is 1210. The van der Waals surface area contributed by atoms with Crippen LogP contribution in [0.3, 0.4) is 0 Å². The molecule has 1 amide bonds. The van der Waals surface area contributed by atoms with Crippen LogP contribution in [0.15, 0.2) is 70.1 Å². The van der Waals surface area contributed by atoms with Gasteiger partial charge in [0.15, 0.2) is 0 Å². The van der Waals surface area contributed by atoms with Crippen LogP contribution in [0.4, 0.5) is 0 Å². The molecule has 0 radical (unpaired) electrons. The molecule has 0 fully saturated rings. The maximum atomic E-state index is 13.0. The first-order valence-electron chi connectivity index (χ1n) is 10.5. The van der Waals surface area contributed by atoms with Crippen LogP contribution in [0.5, 0.6) is 0 Å². The van der Waals surface area contributed by atoms with Crippen LogP contribution >= 0.6 is 11.8 Å². The minimum Gasteiger partial charge on any atom is -0.361 e. The van der Waals surface area contributed by atoms with Crippen molar-refractivity contribution in [3.8, 4) is 0 Å². The van der Waals surface area contributed by atoms with E-state index in [9.17, 15) is 4.79 Å². The summed E-state index contributed by atoms with van der Waals surface area (Å²) < 4.78 is 7.13. The number of aryl methyl sites for hydroxylation is 2. The van der Waals surface area contributed by atoms with Gasteiger partial charge in [-0.1, -0.05) is 47.6 Å². The lowest BCUT2D eigenvalue weighted by molar-refractivity contribution is 0.0948. The van der Waals surface area contributed by atoms with E-state index in [1.165, 1.54) is 5.56 Å². The molecule has 0 unspecified atom stereocenters. The lowest BCUT2D eigenvalue weighted by Crippen LogP contribution is -2.24. The van der Waals surface area contributed by atoms with E-state index >= 15 is 0 Å². The van der Waals surface area contributed by atoms with E-state index in [1.807, 2.05) is 74.0 Å². The average Bonchev–Trinajstić information content (AvgIpc) is 3.33. The van der Waals surface area contributed by atoms with Gasteiger partial charge in [-0.05, 0) is 38.5 Å². The van der Waals surface area contributed by atoms with Gasteiger partial charge in [0.25, 0.3) is 5.91 Å². The van der Waals surface area contributed by atoms with E-state index in [1.54, 1.807) is 11.8 Å². The first-order chi connectivity index (χ1) is 15.5. The van der Waals surface area contributed by atoms with Crippen molar-refractivity contribution in [3.05, 3.63) is 100 Å². The fraction of sp³-hybridized carbons (Fsp3) is 0.240. The summed E-state index contributed by atoms with van der Waals surface area (Å²) in [5.41, 5.74) is 5.77. The van der Waals surface area contributed by atoms with Gasteiger partial charge in [-0.2, -0.15) is 5.10 Å². The molecule has 2 aromatic carbocycles. The highest BCUT2D eigenvalue weighted by atomic mass is 32.2. The summed E-state index contributed by atoms with van der Waals surface area (Å²) in [6.07, 6.45) is 0. The molecule has 2 aromatic heterocycles. The SMILES string of the molecule is Cc1cc(CSc2ccccc2C(=O)NCc2c(C)nn(Cc3ccccc3)c2C)no1. The number of thioether (sulfide) groups is 1. The molecule has 32 heavy (non-hydrogen) atoms. The van der Waals surface area contributed by atoms with Crippen LogP contribution in [0.25, 0.3) is 0 Å². The molecule has 164 valence electrons. The number of nitrogens with one attached hydrogen (secondary N) is 1. The Morgan fingerprint density at radius 2 is 1.81 bits per heavy atom. The fourth-order valence-electron chi connectivity index (χ4n) is 3.58. The zero-order chi connectivity index (χ0) is 22.5. The lowest BCUT2D eigenvalue weighted by Gasteiger charge is -2.10. The number of amides is 1. The second-order valence-corrected chi connectivity index (χ2v) is 8.71. The molecule has 2 heterocycles. The van der Waals surface area contributed by atoms with Gasteiger partial charge in [0.05, 0.1) is 23.5 Å². The zero-order valence-electron chi connectivity index (χ0n) is 18.5. The number of benzene rings is 2. The molecule has 0 aliphatic heterocycles. The number of nitrogens with zero attached hydrogens (tertiary/aromatic N) is 3. The summed E-state index contributed by atoms with van der Waals surface area (Å²) in [7, 11) is 0. The number of hydrogen-bond acceptors (Lipinski definition) is 5. The van der Waals surface area contributed by atoms with Crippen LogP contribution in [0, 0.1) is 20.8 Å². The second kappa shape index (κ2) is 9.87. The van der Waals surface area contributed by atoms with Crippen LogP contribution in [0.1, 0.15) is 44.3 Å². The third-order valence-corrected chi connectivity index (χ3v) is 6.42. The molecule has 4 aromatic rings. The van der Waals surface area contributed by atoms with Crippen LogP contribution in [0.2, 0.25) is 0 Å². The average molecular weight is 447 g/mol. The summed E-state index contributed by atoms with van der Waals surface area (Å²) in [5.74, 6) is 1.33. The lowest BCUT2D eigenvalue weighted by atomic mass is 10.1. The van der Waals surface area contributed by atoms with Crippen molar-refractivity contribution in [3.63, 3.8) is 0 Å². The van der Waals surface area contributed by atoms with E-state index in [4.69, 9.17) is 4.52 Å². The Kier molecular flexibility index (Phi) is 6.75. The van der Waals surface area contributed by atoms with Gasteiger partial charge in [0.2, 0.25) is 0 Å².